The minimum atomic E-state index is -3.50. The Morgan fingerprint density at radius 3 is 2.51 bits per heavy atom. The third-order valence-electron chi connectivity index (χ3n) is 7.45. The molecule has 1 aliphatic carbocycles. The average Bonchev–Trinajstić information content (AvgIpc) is 3.52. The number of sulfonamides is 1. The number of ether oxygens (including phenoxy) is 1. The summed E-state index contributed by atoms with van der Waals surface area (Å²) in [6.07, 6.45) is 6.03. The van der Waals surface area contributed by atoms with Gasteiger partial charge in [-0.15, -0.1) is 0 Å². The number of methoxy groups -OCH3 is 1. The Labute approximate surface area is 217 Å². The number of benzene rings is 1. The molecule has 0 saturated heterocycles. The van der Waals surface area contributed by atoms with E-state index in [1.54, 1.807) is 30.3 Å². The van der Waals surface area contributed by atoms with Crippen molar-refractivity contribution in [2.24, 2.45) is 0 Å². The first-order chi connectivity index (χ1) is 17.8. The number of pyridine rings is 2. The Hall–Kier alpha value is -3.50. The van der Waals surface area contributed by atoms with Crippen LogP contribution in [0.2, 0.25) is 0 Å². The number of aryl methyl sites for hydroxylation is 1. The molecule has 0 bridgehead atoms. The Kier molecular flexibility index (Phi) is 6.63. The van der Waals surface area contributed by atoms with Crippen molar-refractivity contribution in [2.45, 2.75) is 49.5 Å². The maximum atomic E-state index is 13.3. The third-order valence-corrected chi connectivity index (χ3v) is 8.88. The van der Waals surface area contributed by atoms with E-state index in [2.05, 4.69) is 15.0 Å². The summed E-state index contributed by atoms with van der Waals surface area (Å²) in [6.45, 7) is 2.91. The number of carbonyl (C=O) groups excluding carboxylic acids is 1. The van der Waals surface area contributed by atoms with Crippen LogP contribution in [0.3, 0.4) is 0 Å². The lowest BCUT2D eigenvalue weighted by atomic mass is 9.84. The molecule has 3 aromatic rings. The molecule has 3 heterocycles. The molecule has 1 aliphatic heterocycles. The summed E-state index contributed by atoms with van der Waals surface area (Å²) in [5, 5.41) is 3.00. The van der Waals surface area contributed by atoms with Crippen LogP contribution in [0, 0.1) is 6.92 Å². The van der Waals surface area contributed by atoms with Crippen molar-refractivity contribution in [3.05, 3.63) is 65.5 Å². The van der Waals surface area contributed by atoms with Crippen molar-refractivity contribution in [1.29, 1.82) is 0 Å². The molecule has 0 atom stereocenters. The van der Waals surface area contributed by atoms with Crippen molar-refractivity contribution in [3.8, 4) is 17.1 Å². The molecule has 9 nitrogen and oxygen atoms in total. The zero-order chi connectivity index (χ0) is 26.2. The molecule has 1 aromatic carbocycles. The maximum Gasteiger partial charge on any atom is 0.322 e. The van der Waals surface area contributed by atoms with E-state index in [1.807, 2.05) is 25.1 Å². The van der Waals surface area contributed by atoms with E-state index >= 15 is 0 Å². The molecule has 2 aromatic heterocycles. The summed E-state index contributed by atoms with van der Waals surface area (Å²) >= 11 is 0. The smallest absolute Gasteiger partial charge is 0.322 e. The van der Waals surface area contributed by atoms with Crippen LogP contribution in [0.5, 0.6) is 5.88 Å². The van der Waals surface area contributed by atoms with Crippen LogP contribution in [-0.4, -0.2) is 45.1 Å². The fraction of sp³-hybridized carbons (Fsp3) is 0.370. The molecule has 2 N–H and O–H groups in total. The van der Waals surface area contributed by atoms with Crippen LogP contribution < -0.4 is 19.7 Å². The fourth-order valence-electron chi connectivity index (χ4n) is 5.39. The lowest BCUT2D eigenvalue weighted by Gasteiger charge is -2.24. The largest absolute Gasteiger partial charge is 0.481 e. The highest BCUT2D eigenvalue weighted by Crippen LogP contribution is 2.50. The Bertz CT molecular complexity index is 1430. The first-order valence-electron chi connectivity index (χ1n) is 12.4. The second-order valence-electron chi connectivity index (χ2n) is 9.69. The highest BCUT2D eigenvalue weighted by molar-refractivity contribution is 7.89. The molecule has 2 aliphatic rings. The van der Waals surface area contributed by atoms with Gasteiger partial charge in [0.15, 0.2) is 0 Å². The number of fused-ring (bicyclic) bond motifs is 2. The van der Waals surface area contributed by atoms with E-state index in [0.717, 1.165) is 59.4 Å². The Morgan fingerprint density at radius 2 is 1.86 bits per heavy atom. The van der Waals surface area contributed by atoms with Crippen LogP contribution >= 0.6 is 0 Å². The molecule has 194 valence electrons. The number of aromatic nitrogens is 2. The summed E-state index contributed by atoms with van der Waals surface area (Å²) in [7, 11) is -0.523. The number of anilines is 1. The van der Waals surface area contributed by atoms with Gasteiger partial charge in [-0.3, -0.25) is 4.90 Å². The van der Waals surface area contributed by atoms with Gasteiger partial charge in [-0.2, -0.15) is 0 Å². The number of urea groups is 1. The molecular formula is C27H31N5O4S. The average molecular weight is 522 g/mol. The fourth-order valence-corrected chi connectivity index (χ4v) is 6.12. The Morgan fingerprint density at radius 1 is 1.14 bits per heavy atom. The van der Waals surface area contributed by atoms with E-state index < -0.39 is 10.0 Å². The predicted octanol–water partition coefficient (Wildman–Crippen LogP) is 3.91. The summed E-state index contributed by atoms with van der Waals surface area (Å²) in [5.41, 5.74) is 5.32. The minimum absolute atomic E-state index is 0.139. The van der Waals surface area contributed by atoms with Crippen molar-refractivity contribution >= 4 is 21.7 Å². The molecule has 1 fully saturated rings. The second-order valence-corrected chi connectivity index (χ2v) is 11.6. The van der Waals surface area contributed by atoms with Crippen molar-refractivity contribution in [3.63, 3.8) is 0 Å². The van der Waals surface area contributed by atoms with Gasteiger partial charge in [-0.1, -0.05) is 25.0 Å². The lowest BCUT2D eigenvalue weighted by molar-refractivity contribution is 0.245. The predicted molar refractivity (Wildman–Crippen MR) is 141 cm³/mol. The number of amides is 2. The minimum Gasteiger partial charge on any atom is -0.481 e. The standard InChI is InChI=1S/C27H31N5O4S/c1-18-14-24(36-3)29-16-21(18)22-10-11-23-25(31-22)27(12-4-5-13-27)17-32(23)26(33)30-15-19-6-8-20(9-7-19)37(34,35)28-2/h6-11,14,16,28H,4-5,12-13,15,17H2,1-3H3,(H,30,33). The van der Waals surface area contributed by atoms with Gasteiger partial charge in [0, 0.05) is 36.3 Å². The van der Waals surface area contributed by atoms with Crippen molar-refractivity contribution in [2.75, 3.05) is 25.6 Å². The van der Waals surface area contributed by atoms with Crippen LogP contribution in [0.15, 0.2) is 53.6 Å². The summed E-state index contributed by atoms with van der Waals surface area (Å²) in [6, 6.07) is 12.1. The first-order valence-corrected chi connectivity index (χ1v) is 13.8. The maximum absolute atomic E-state index is 13.3. The monoisotopic (exact) mass is 521 g/mol. The van der Waals surface area contributed by atoms with Gasteiger partial charge in [-0.05, 0) is 62.2 Å². The molecule has 1 saturated carbocycles. The van der Waals surface area contributed by atoms with Crippen molar-refractivity contribution in [1.82, 2.24) is 20.0 Å². The number of nitrogens with zero attached hydrogens (tertiary/aromatic N) is 3. The molecule has 37 heavy (non-hydrogen) atoms. The van der Waals surface area contributed by atoms with Crippen molar-refractivity contribution < 1.29 is 17.9 Å². The van der Waals surface area contributed by atoms with E-state index in [0.29, 0.717) is 19.0 Å². The quantitative estimate of drug-likeness (QED) is 0.509. The van der Waals surface area contributed by atoms with Crippen LogP contribution in [0.4, 0.5) is 10.5 Å². The summed E-state index contributed by atoms with van der Waals surface area (Å²) < 4.78 is 31.4. The molecule has 5 rings (SSSR count). The zero-order valence-electron chi connectivity index (χ0n) is 21.2. The topological polar surface area (TPSA) is 114 Å². The Balaban J connectivity index is 1.38. The van der Waals surface area contributed by atoms with Gasteiger partial charge >= 0.3 is 6.03 Å². The van der Waals surface area contributed by atoms with Crippen LogP contribution in [0.1, 0.15) is 42.5 Å². The van der Waals surface area contributed by atoms with E-state index in [4.69, 9.17) is 9.72 Å². The van der Waals surface area contributed by atoms with E-state index in [-0.39, 0.29) is 16.3 Å². The number of hydrogen-bond donors (Lipinski definition) is 2. The van der Waals surface area contributed by atoms with Gasteiger partial charge < -0.3 is 10.1 Å². The van der Waals surface area contributed by atoms with Gasteiger partial charge in [-0.25, -0.2) is 27.9 Å². The molecule has 0 unspecified atom stereocenters. The van der Waals surface area contributed by atoms with Gasteiger partial charge in [0.1, 0.15) is 0 Å². The SMILES string of the molecule is CNS(=O)(=O)c1ccc(CNC(=O)N2CC3(CCCC3)c3nc(-c4cnc(OC)cc4C)ccc32)cc1. The van der Waals surface area contributed by atoms with Gasteiger partial charge in [0.2, 0.25) is 15.9 Å². The molecular weight excluding hydrogens is 490 g/mol. The lowest BCUT2D eigenvalue weighted by Crippen LogP contribution is -2.41. The van der Waals surface area contributed by atoms with Gasteiger partial charge in [0.05, 0.1) is 29.1 Å². The first kappa shape index (κ1) is 25.2. The number of hydrogen-bond acceptors (Lipinski definition) is 6. The number of carbonyl (C=O) groups is 1. The third kappa shape index (κ3) is 4.67. The summed E-state index contributed by atoms with van der Waals surface area (Å²) in [5.74, 6) is 0.566. The van der Waals surface area contributed by atoms with E-state index in [1.165, 1.54) is 19.2 Å². The number of nitrogens with one attached hydrogen (secondary N) is 2. The molecule has 10 heteroatoms. The van der Waals surface area contributed by atoms with Crippen LogP contribution in [-0.2, 0) is 22.0 Å². The molecule has 2 amide bonds. The highest BCUT2D eigenvalue weighted by Gasteiger charge is 2.47. The molecule has 1 spiro atoms. The highest BCUT2D eigenvalue weighted by atomic mass is 32.2. The van der Waals surface area contributed by atoms with Crippen LogP contribution in [0.25, 0.3) is 11.3 Å². The zero-order valence-corrected chi connectivity index (χ0v) is 22.1. The normalized spacial score (nSPS) is 16.1. The van der Waals surface area contributed by atoms with E-state index in [9.17, 15) is 13.2 Å². The van der Waals surface area contributed by atoms with Gasteiger partial charge in [0.25, 0.3) is 0 Å². The summed E-state index contributed by atoms with van der Waals surface area (Å²) in [4.78, 5) is 24.8. The second kappa shape index (κ2) is 9.75. The number of rotatable bonds is 6. The molecule has 0 radical (unpaired) electrons.